The molecule has 0 saturated carbocycles. The van der Waals surface area contributed by atoms with Gasteiger partial charge in [0.15, 0.2) is 0 Å². The van der Waals surface area contributed by atoms with Crippen molar-refractivity contribution in [1.82, 2.24) is 5.32 Å². The molecule has 0 aliphatic carbocycles. The van der Waals surface area contributed by atoms with Crippen molar-refractivity contribution in [2.75, 3.05) is 5.32 Å². The predicted molar refractivity (Wildman–Crippen MR) is 81.5 cm³/mol. The van der Waals surface area contributed by atoms with Crippen LogP contribution in [0.3, 0.4) is 0 Å². The highest BCUT2D eigenvalue weighted by atomic mass is 35.5. The molecule has 1 aromatic carbocycles. The normalized spacial score (nSPS) is 19.5. The van der Waals surface area contributed by atoms with E-state index in [1.165, 1.54) is 12.1 Å². The number of ether oxygens (including phenoxy) is 1. The number of halogens is 4. The second-order valence-corrected chi connectivity index (χ2v) is 7.34. The maximum absolute atomic E-state index is 12.4. The fourth-order valence-electron chi connectivity index (χ4n) is 2.47. The summed E-state index contributed by atoms with van der Waals surface area (Å²) in [7, 11) is 0. The molecule has 23 heavy (non-hydrogen) atoms. The van der Waals surface area contributed by atoms with Crippen LogP contribution in [-0.4, -0.2) is 17.8 Å². The first-order chi connectivity index (χ1) is 10.5. The topological polar surface area (TPSA) is 50.4 Å². The minimum atomic E-state index is -4.83. The van der Waals surface area contributed by atoms with Crippen LogP contribution in [0, 0.1) is 0 Å². The zero-order valence-corrected chi connectivity index (χ0v) is 13.7. The van der Waals surface area contributed by atoms with Gasteiger partial charge in [-0.2, -0.15) is 0 Å². The molecule has 0 saturated heterocycles. The molecule has 2 N–H and O–H groups in total. The molecule has 0 radical (unpaired) electrons. The fraction of sp³-hybridized carbons (Fsp3) is 0.357. The number of hydrogen-bond acceptors (Lipinski definition) is 4. The van der Waals surface area contributed by atoms with Gasteiger partial charge in [-0.05, 0) is 26.0 Å². The smallest absolute Gasteiger partial charge is 0.404 e. The molecular weight excluding hydrogens is 353 g/mol. The minimum absolute atomic E-state index is 0.155. The van der Waals surface area contributed by atoms with Gasteiger partial charge >= 0.3 is 6.36 Å². The molecule has 124 valence electrons. The minimum Gasteiger partial charge on any atom is -0.404 e. The van der Waals surface area contributed by atoms with Crippen molar-refractivity contribution in [3.63, 3.8) is 0 Å². The summed E-state index contributed by atoms with van der Waals surface area (Å²) >= 11 is 6.96. The van der Waals surface area contributed by atoms with Crippen molar-refractivity contribution >= 4 is 35.0 Å². The number of alkyl halides is 3. The molecule has 1 aromatic rings. The molecule has 0 bridgehead atoms. The summed E-state index contributed by atoms with van der Waals surface area (Å²) < 4.78 is 41.1. The van der Waals surface area contributed by atoms with Crippen LogP contribution in [0.1, 0.15) is 20.3 Å². The van der Waals surface area contributed by atoms with Crippen LogP contribution in [0.5, 0.6) is 5.75 Å². The molecule has 0 aromatic heterocycles. The third kappa shape index (κ3) is 3.37. The number of benzene rings is 1. The highest BCUT2D eigenvalue weighted by molar-refractivity contribution is 8.04. The number of hydrogen-bond donors (Lipinski definition) is 2. The van der Waals surface area contributed by atoms with E-state index >= 15 is 0 Å². The lowest BCUT2D eigenvalue weighted by molar-refractivity contribution is -0.274. The summed E-state index contributed by atoms with van der Waals surface area (Å²) in [5, 5.41) is 5.79. The number of rotatable bonds is 1. The molecule has 0 unspecified atom stereocenters. The molecule has 9 heteroatoms. The van der Waals surface area contributed by atoms with Crippen molar-refractivity contribution in [3.05, 3.63) is 27.8 Å². The molecule has 0 atom stereocenters. The molecule has 2 aliphatic heterocycles. The van der Waals surface area contributed by atoms with Crippen molar-refractivity contribution < 1.29 is 22.7 Å². The summed E-state index contributed by atoms with van der Waals surface area (Å²) in [4.78, 5) is 13.1. The number of carbonyl (C=O) groups excluding carboxylic acids is 1. The van der Waals surface area contributed by atoms with Crippen LogP contribution in [-0.2, 0) is 4.79 Å². The van der Waals surface area contributed by atoms with Crippen LogP contribution >= 0.6 is 23.4 Å². The van der Waals surface area contributed by atoms with Gasteiger partial charge in [0.25, 0.3) is 5.91 Å². The van der Waals surface area contributed by atoms with Gasteiger partial charge in [-0.3, -0.25) is 4.79 Å². The van der Waals surface area contributed by atoms with E-state index in [1.54, 1.807) is 0 Å². The van der Waals surface area contributed by atoms with E-state index in [0.29, 0.717) is 21.9 Å². The molecule has 3 rings (SSSR count). The number of nitrogens with one attached hydrogen (secondary N) is 2. The van der Waals surface area contributed by atoms with E-state index < -0.39 is 17.7 Å². The highest BCUT2D eigenvalue weighted by Gasteiger charge is 2.37. The van der Waals surface area contributed by atoms with Gasteiger partial charge in [0.05, 0.1) is 15.6 Å². The Bertz CT molecular complexity index is 731. The summed E-state index contributed by atoms with van der Waals surface area (Å²) in [5.41, 5.74) is 0.889. The van der Waals surface area contributed by atoms with Gasteiger partial charge in [0.1, 0.15) is 5.75 Å². The number of thioether (sulfide) groups is 1. The Morgan fingerprint density at radius 2 is 2.04 bits per heavy atom. The monoisotopic (exact) mass is 364 g/mol. The van der Waals surface area contributed by atoms with Crippen LogP contribution < -0.4 is 15.4 Å². The molecule has 0 spiro atoms. The Hall–Kier alpha value is -1.54. The van der Waals surface area contributed by atoms with Crippen LogP contribution in [0.2, 0.25) is 5.02 Å². The second-order valence-electron chi connectivity index (χ2n) is 5.88. The van der Waals surface area contributed by atoms with Gasteiger partial charge in [-0.1, -0.05) is 23.4 Å². The quantitative estimate of drug-likeness (QED) is 0.781. The summed E-state index contributed by atoms with van der Waals surface area (Å²) in [6, 6.07) is 2.55. The molecule has 4 nitrogen and oxygen atoms in total. The first-order valence-electron chi connectivity index (χ1n) is 6.64. The van der Waals surface area contributed by atoms with E-state index in [1.807, 2.05) is 13.8 Å². The molecule has 2 heterocycles. The van der Waals surface area contributed by atoms with Crippen LogP contribution in [0.4, 0.5) is 18.9 Å². The predicted octanol–water partition coefficient (Wildman–Crippen LogP) is 4.27. The lowest BCUT2D eigenvalue weighted by atomic mass is 9.94. The molecule has 2 aliphatic rings. The number of carbonyl (C=O) groups is 1. The molecule has 0 fully saturated rings. The Morgan fingerprint density at radius 1 is 1.35 bits per heavy atom. The van der Waals surface area contributed by atoms with Crippen molar-refractivity contribution in [2.45, 2.75) is 37.1 Å². The Morgan fingerprint density at radius 3 is 2.70 bits per heavy atom. The SMILES string of the molecule is CC1(C)CC2=C(Sc3cc(OC(F)(F)F)c(Cl)cc3N2)C(=O)N1. The number of fused-ring (bicyclic) bond motifs is 1. The highest BCUT2D eigenvalue weighted by Crippen LogP contribution is 2.47. The summed E-state index contributed by atoms with van der Waals surface area (Å²) in [6.07, 6.45) is -4.25. The van der Waals surface area contributed by atoms with E-state index in [0.717, 1.165) is 17.5 Å². The van der Waals surface area contributed by atoms with Gasteiger partial charge in [-0.15, -0.1) is 13.2 Å². The largest absolute Gasteiger partial charge is 0.573 e. The van der Waals surface area contributed by atoms with Crippen molar-refractivity contribution in [2.24, 2.45) is 0 Å². The molecule has 1 amide bonds. The zero-order chi connectivity index (χ0) is 17.0. The van der Waals surface area contributed by atoms with Gasteiger partial charge in [0, 0.05) is 22.6 Å². The Balaban J connectivity index is 1.96. The van der Waals surface area contributed by atoms with E-state index in [4.69, 9.17) is 11.6 Å². The maximum atomic E-state index is 12.4. The Labute approximate surface area is 139 Å². The van der Waals surface area contributed by atoms with E-state index in [-0.39, 0.29) is 10.9 Å². The van der Waals surface area contributed by atoms with Gasteiger partial charge in [0.2, 0.25) is 0 Å². The first-order valence-corrected chi connectivity index (χ1v) is 7.83. The third-order valence-corrected chi connectivity index (χ3v) is 4.80. The lowest BCUT2D eigenvalue weighted by Gasteiger charge is -2.36. The van der Waals surface area contributed by atoms with Gasteiger partial charge < -0.3 is 15.4 Å². The van der Waals surface area contributed by atoms with Crippen LogP contribution in [0.25, 0.3) is 0 Å². The summed E-state index contributed by atoms with van der Waals surface area (Å²) in [5.74, 6) is -0.750. The Kier molecular flexibility index (Phi) is 3.72. The summed E-state index contributed by atoms with van der Waals surface area (Å²) in [6.45, 7) is 3.79. The first kappa shape index (κ1) is 16.3. The van der Waals surface area contributed by atoms with Crippen molar-refractivity contribution in [3.8, 4) is 5.75 Å². The average Bonchev–Trinajstić information content (AvgIpc) is 2.35. The average molecular weight is 365 g/mol. The van der Waals surface area contributed by atoms with E-state index in [9.17, 15) is 18.0 Å². The third-order valence-electron chi connectivity index (χ3n) is 3.31. The number of amides is 1. The van der Waals surface area contributed by atoms with Gasteiger partial charge in [-0.25, -0.2) is 0 Å². The second kappa shape index (κ2) is 5.24. The van der Waals surface area contributed by atoms with Crippen molar-refractivity contribution in [1.29, 1.82) is 0 Å². The zero-order valence-electron chi connectivity index (χ0n) is 12.1. The lowest BCUT2D eigenvalue weighted by Crippen LogP contribution is -2.48. The molecular formula is C14H12ClF3N2O2S. The maximum Gasteiger partial charge on any atom is 0.573 e. The number of anilines is 1. The fourth-order valence-corrected chi connectivity index (χ4v) is 3.67. The van der Waals surface area contributed by atoms with E-state index in [2.05, 4.69) is 15.4 Å². The standard InChI is InChI=1S/C14H12ClF3N2O2S/c1-13(2)5-8-11(12(21)20-13)23-10-4-9(22-14(16,17)18)6(15)3-7(10)19-8/h3-4,19H,5H2,1-2H3,(H,20,21). The van der Waals surface area contributed by atoms with Crippen LogP contribution in [0.15, 0.2) is 27.6 Å².